The number of H-pyrrole nitrogens is 1. The predicted molar refractivity (Wildman–Crippen MR) is 70.7 cm³/mol. The maximum absolute atomic E-state index is 12.2. The van der Waals surface area contributed by atoms with Crippen LogP contribution in [0.1, 0.15) is 24.4 Å². The van der Waals surface area contributed by atoms with Crippen LogP contribution < -0.4 is 4.72 Å². The second-order valence-corrected chi connectivity index (χ2v) is 6.03. The maximum Gasteiger partial charge on any atom is 0.273 e. The van der Waals surface area contributed by atoms with E-state index in [4.69, 9.17) is 0 Å². The van der Waals surface area contributed by atoms with Crippen molar-refractivity contribution in [1.82, 2.24) is 25.3 Å². The van der Waals surface area contributed by atoms with Crippen molar-refractivity contribution >= 4 is 15.7 Å². The molecule has 2 rings (SSSR count). The molecule has 10 nitrogen and oxygen atoms in total. The van der Waals surface area contributed by atoms with Gasteiger partial charge in [0.1, 0.15) is 0 Å². The van der Waals surface area contributed by atoms with Gasteiger partial charge in [0.15, 0.2) is 5.82 Å². The average Bonchev–Trinajstić information content (AvgIpc) is 2.92. The van der Waals surface area contributed by atoms with Crippen molar-refractivity contribution in [2.75, 3.05) is 0 Å². The number of rotatable bonds is 5. The third-order valence-corrected chi connectivity index (χ3v) is 4.31. The molecule has 0 aliphatic heterocycles. The number of nitro groups is 1. The lowest BCUT2D eigenvalue weighted by molar-refractivity contribution is -0.385. The van der Waals surface area contributed by atoms with Crippen molar-refractivity contribution in [2.45, 2.75) is 24.8 Å². The molecule has 0 spiro atoms. The highest BCUT2D eigenvalue weighted by Gasteiger charge is 2.23. The molecule has 0 saturated carbocycles. The molecule has 21 heavy (non-hydrogen) atoms. The summed E-state index contributed by atoms with van der Waals surface area (Å²) in [6, 6.07) is 2.97. The Hall–Kier alpha value is -2.40. The van der Waals surface area contributed by atoms with Crippen LogP contribution >= 0.6 is 0 Å². The molecule has 11 heteroatoms. The summed E-state index contributed by atoms with van der Waals surface area (Å²) in [5, 5.41) is 23.8. The first kappa shape index (κ1) is 15.0. The number of aromatic amines is 1. The van der Waals surface area contributed by atoms with Crippen LogP contribution in [0.5, 0.6) is 0 Å². The minimum absolute atomic E-state index is 0.167. The van der Waals surface area contributed by atoms with E-state index in [0.717, 1.165) is 6.07 Å². The number of hydrogen-bond acceptors (Lipinski definition) is 7. The maximum atomic E-state index is 12.2. The third kappa shape index (κ3) is 3.20. The van der Waals surface area contributed by atoms with Gasteiger partial charge < -0.3 is 0 Å². The third-order valence-electron chi connectivity index (χ3n) is 2.77. The van der Waals surface area contributed by atoms with Gasteiger partial charge in [-0.3, -0.25) is 10.1 Å². The highest BCUT2D eigenvalue weighted by molar-refractivity contribution is 7.89. The van der Waals surface area contributed by atoms with Gasteiger partial charge in [-0.05, 0) is 19.9 Å². The molecule has 0 fully saturated rings. The lowest BCUT2D eigenvalue weighted by atomic mass is 10.2. The van der Waals surface area contributed by atoms with Gasteiger partial charge in [-0.2, -0.15) is 5.21 Å². The number of tetrazole rings is 1. The molecule has 1 unspecified atom stereocenters. The fraction of sp³-hybridized carbons (Fsp3) is 0.300. The average molecular weight is 312 g/mol. The lowest BCUT2D eigenvalue weighted by Crippen LogP contribution is -2.27. The van der Waals surface area contributed by atoms with E-state index in [2.05, 4.69) is 25.3 Å². The number of sulfonamides is 1. The van der Waals surface area contributed by atoms with Crippen LogP contribution in [0.15, 0.2) is 23.1 Å². The standard InChI is InChI=1S/C10H12N6O4S/c1-6-3-4-8(5-9(6)16(17)18)21(19,20)13-7(2)10-11-14-15-12-10/h3-5,7,13H,1-2H3,(H,11,12,14,15). The number of benzene rings is 1. The Labute approximate surface area is 119 Å². The Morgan fingerprint density at radius 2 is 2.14 bits per heavy atom. The molecule has 1 aromatic heterocycles. The molecule has 1 heterocycles. The SMILES string of the molecule is Cc1ccc(S(=O)(=O)NC(C)c2nn[nH]n2)cc1[N+](=O)[O-]. The van der Waals surface area contributed by atoms with Gasteiger partial charge in [0, 0.05) is 11.6 Å². The molecule has 112 valence electrons. The van der Waals surface area contributed by atoms with Gasteiger partial charge in [0.25, 0.3) is 5.69 Å². The molecule has 0 aliphatic rings. The van der Waals surface area contributed by atoms with Gasteiger partial charge in [-0.15, -0.1) is 10.2 Å². The minimum Gasteiger partial charge on any atom is -0.258 e. The van der Waals surface area contributed by atoms with Crippen LogP contribution in [0.3, 0.4) is 0 Å². The summed E-state index contributed by atoms with van der Waals surface area (Å²) in [5.74, 6) is 0.167. The second-order valence-electron chi connectivity index (χ2n) is 4.32. The second kappa shape index (κ2) is 5.54. The van der Waals surface area contributed by atoms with E-state index in [1.54, 1.807) is 0 Å². The zero-order valence-electron chi connectivity index (χ0n) is 11.1. The highest BCUT2D eigenvalue weighted by atomic mass is 32.2. The van der Waals surface area contributed by atoms with Crippen molar-refractivity contribution in [1.29, 1.82) is 0 Å². The van der Waals surface area contributed by atoms with Gasteiger partial charge in [-0.25, -0.2) is 13.1 Å². The Morgan fingerprint density at radius 1 is 1.43 bits per heavy atom. The minimum atomic E-state index is -3.93. The van der Waals surface area contributed by atoms with Crippen molar-refractivity contribution in [3.63, 3.8) is 0 Å². The Kier molecular flexibility index (Phi) is 3.95. The van der Waals surface area contributed by atoms with E-state index in [0.29, 0.717) is 5.56 Å². The molecule has 0 aliphatic carbocycles. The Morgan fingerprint density at radius 3 is 2.71 bits per heavy atom. The smallest absolute Gasteiger partial charge is 0.258 e. The molecule has 2 N–H and O–H groups in total. The zero-order valence-corrected chi connectivity index (χ0v) is 12.0. The number of aromatic nitrogens is 4. The van der Waals surface area contributed by atoms with Crippen LogP contribution in [0.4, 0.5) is 5.69 Å². The monoisotopic (exact) mass is 312 g/mol. The molecule has 2 aromatic rings. The number of aryl methyl sites for hydroxylation is 1. The van der Waals surface area contributed by atoms with E-state index >= 15 is 0 Å². The van der Waals surface area contributed by atoms with Gasteiger partial charge in [0.05, 0.1) is 15.9 Å². The lowest BCUT2D eigenvalue weighted by Gasteiger charge is -2.11. The van der Waals surface area contributed by atoms with E-state index in [1.807, 2.05) is 0 Å². The highest BCUT2D eigenvalue weighted by Crippen LogP contribution is 2.23. The molecule has 0 saturated heterocycles. The number of hydrogen-bond donors (Lipinski definition) is 2. The van der Waals surface area contributed by atoms with Crippen LogP contribution in [0, 0.1) is 17.0 Å². The van der Waals surface area contributed by atoms with E-state index < -0.39 is 21.0 Å². The molecular weight excluding hydrogens is 300 g/mol. The Balaban J connectivity index is 2.32. The fourth-order valence-corrected chi connectivity index (χ4v) is 2.88. The van der Waals surface area contributed by atoms with Crippen LogP contribution in [0.25, 0.3) is 0 Å². The predicted octanol–water partition coefficient (Wildman–Crippen LogP) is 0.456. The summed E-state index contributed by atoms with van der Waals surface area (Å²) in [6.45, 7) is 3.06. The van der Waals surface area contributed by atoms with Gasteiger partial charge in [0.2, 0.25) is 10.0 Å². The summed E-state index contributed by atoms with van der Waals surface area (Å²) in [4.78, 5) is 10.0. The number of nitro benzene ring substituents is 1. The van der Waals surface area contributed by atoms with Crippen molar-refractivity contribution in [2.24, 2.45) is 0 Å². The first-order chi connectivity index (χ1) is 9.81. The Bertz CT molecular complexity index is 758. The summed E-state index contributed by atoms with van der Waals surface area (Å²) in [5.41, 5.74) is 0.121. The quantitative estimate of drug-likeness (QED) is 0.602. The summed E-state index contributed by atoms with van der Waals surface area (Å²) in [6.07, 6.45) is 0. The van der Waals surface area contributed by atoms with Crippen molar-refractivity contribution in [3.05, 3.63) is 39.7 Å². The summed E-state index contributed by atoms with van der Waals surface area (Å²) >= 11 is 0. The number of nitrogens with zero attached hydrogens (tertiary/aromatic N) is 4. The van der Waals surface area contributed by atoms with E-state index in [9.17, 15) is 18.5 Å². The molecular formula is C10H12N6O4S. The molecule has 0 bridgehead atoms. The van der Waals surface area contributed by atoms with Crippen molar-refractivity contribution in [3.8, 4) is 0 Å². The van der Waals surface area contributed by atoms with E-state index in [-0.39, 0.29) is 16.4 Å². The molecule has 0 radical (unpaired) electrons. The first-order valence-corrected chi connectivity index (χ1v) is 7.30. The summed E-state index contributed by atoms with van der Waals surface area (Å²) in [7, 11) is -3.93. The van der Waals surface area contributed by atoms with Gasteiger partial charge >= 0.3 is 0 Å². The summed E-state index contributed by atoms with van der Waals surface area (Å²) < 4.78 is 26.7. The topological polar surface area (TPSA) is 144 Å². The molecule has 1 atom stereocenters. The molecule has 0 amide bonds. The largest absolute Gasteiger partial charge is 0.273 e. The van der Waals surface area contributed by atoms with Crippen LogP contribution in [-0.4, -0.2) is 34.0 Å². The normalized spacial score (nSPS) is 13.0. The zero-order chi connectivity index (χ0) is 15.6. The molecule has 1 aromatic carbocycles. The number of nitrogens with one attached hydrogen (secondary N) is 2. The van der Waals surface area contributed by atoms with E-state index in [1.165, 1.54) is 26.0 Å². The van der Waals surface area contributed by atoms with Crippen LogP contribution in [-0.2, 0) is 10.0 Å². The first-order valence-electron chi connectivity index (χ1n) is 5.82. The van der Waals surface area contributed by atoms with Gasteiger partial charge in [-0.1, -0.05) is 11.3 Å². The fourth-order valence-electron chi connectivity index (χ4n) is 1.66. The van der Waals surface area contributed by atoms with Crippen molar-refractivity contribution < 1.29 is 13.3 Å². The van der Waals surface area contributed by atoms with Crippen LogP contribution in [0.2, 0.25) is 0 Å².